The van der Waals surface area contributed by atoms with Crippen molar-refractivity contribution in [1.29, 1.82) is 0 Å². The minimum atomic E-state index is 0.633. The van der Waals surface area contributed by atoms with Gasteiger partial charge in [0.2, 0.25) is 0 Å². The number of aryl methyl sites for hydroxylation is 1. The van der Waals surface area contributed by atoms with Crippen LogP contribution in [0.1, 0.15) is 47.6 Å². The molecule has 1 atom stereocenters. The van der Waals surface area contributed by atoms with Crippen LogP contribution < -0.4 is 4.74 Å². The lowest BCUT2D eigenvalue weighted by Crippen LogP contribution is -2.27. The number of likely N-dealkylation sites (tertiary alicyclic amines) is 1. The highest BCUT2D eigenvalue weighted by atomic mass is 16.5. The smallest absolute Gasteiger partial charge is 0.119 e. The van der Waals surface area contributed by atoms with Crippen LogP contribution >= 0.6 is 0 Å². The minimum Gasteiger partial charge on any atom is -0.492 e. The Labute approximate surface area is 192 Å². The highest BCUT2D eigenvalue weighted by molar-refractivity contribution is 5.40. The van der Waals surface area contributed by atoms with Crippen LogP contribution in [0.5, 0.6) is 5.75 Å². The number of hydrogen-bond acceptors (Lipinski definition) is 3. The number of fused-ring (bicyclic) bond motifs is 1. The van der Waals surface area contributed by atoms with E-state index in [9.17, 15) is 0 Å². The van der Waals surface area contributed by atoms with E-state index in [-0.39, 0.29) is 0 Å². The second-order valence-electron chi connectivity index (χ2n) is 9.19. The molecule has 0 spiro atoms. The standard InChI is InChI=1S/C29H34N2O/c1-3-9-24(10-4-1)22-30(23-25-11-5-2-6-12-25)19-20-32-27-14-15-28-26(21-27)13-16-29(28)31-17-7-8-18-31/h1-6,9-12,14-15,21,29H,7-8,13,16-20,22-23H2. The molecule has 3 heteroatoms. The second-order valence-corrected chi connectivity index (χ2v) is 9.19. The summed E-state index contributed by atoms with van der Waals surface area (Å²) < 4.78 is 6.24. The lowest BCUT2D eigenvalue weighted by Gasteiger charge is -2.24. The van der Waals surface area contributed by atoms with Crippen molar-refractivity contribution in [3.63, 3.8) is 0 Å². The molecule has 0 amide bonds. The van der Waals surface area contributed by atoms with Gasteiger partial charge in [-0.1, -0.05) is 66.7 Å². The molecule has 1 aliphatic heterocycles. The van der Waals surface area contributed by atoms with Crippen LogP contribution in [0.2, 0.25) is 0 Å². The summed E-state index contributed by atoms with van der Waals surface area (Å²) in [5.74, 6) is 1.02. The first-order valence-corrected chi connectivity index (χ1v) is 12.1. The van der Waals surface area contributed by atoms with Gasteiger partial charge in [0.25, 0.3) is 0 Å². The average Bonchev–Trinajstić information content (AvgIpc) is 3.50. The molecular weight excluding hydrogens is 392 g/mol. The summed E-state index contributed by atoms with van der Waals surface area (Å²) in [5.41, 5.74) is 5.71. The summed E-state index contributed by atoms with van der Waals surface area (Å²) in [6.07, 6.45) is 5.16. The first-order valence-electron chi connectivity index (χ1n) is 12.1. The fourth-order valence-electron chi connectivity index (χ4n) is 5.28. The van der Waals surface area contributed by atoms with E-state index in [1.165, 1.54) is 61.0 Å². The van der Waals surface area contributed by atoms with Crippen LogP contribution in [-0.2, 0) is 19.5 Å². The number of rotatable bonds is 9. The highest BCUT2D eigenvalue weighted by Crippen LogP contribution is 2.38. The molecule has 1 fully saturated rings. The van der Waals surface area contributed by atoms with Crippen LogP contribution in [0.25, 0.3) is 0 Å². The van der Waals surface area contributed by atoms with Gasteiger partial charge < -0.3 is 4.74 Å². The maximum absolute atomic E-state index is 6.24. The Morgan fingerprint density at radius 3 is 2.12 bits per heavy atom. The summed E-state index contributed by atoms with van der Waals surface area (Å²) in [5, 5.41) is 0. The first kappa shape index (κ1) is 21.2. The van der Waals surface area contributed by atoms with Crippen molar-refractivity contribution < 1.29 is 4.74 Å². The Bertz CT molecular complexity index is 941. The van der Waals surface area contributed by atoms with E-state index >= 15 is 0 Å². The van der Waals surface area contributed by atoms with Crippen LogP contribution in [-0.4, -0.2) is 36.0 Å². The summed E-state index contributed by atoms with van der Waals surface area (Å²) in [7, 11) is 0. The molecule has 32 heavy (non-hydrogen) atoms. The number of benzene rings is 3. The van der Waals surface area contributed by atoms with Crippen LogP contribution in [0, 0.1) is 0 Å². The number of nitrogens with zero attached hydrogens (tertiary/aromatic N) is 2. The van der Waals surface area contributed by atoms with E-state index in [4.69, 9.17) is 4.74 Å². The van der Waals surface area contributed by atoms with Crippen molar-refractivity contribution >= 4 is 0 Å². The van der Waals surface area contributed by atoms with E-state index in [2.05, 4.69) is 88.7 Å². The van der Waals surface area contributed by atoms with Gasteiger partial charge in [-0.05, 0) is 73.2 Å². The molecule has 1 aliphatic carbocycles. The molecule has 3 aromatic carbocycles. The first-order chi connectivity index (χ1) is 15.8. The summed E-state index contributed by atoms with van der Waals surface area (Å²) in [4.78, 5) is 5.15. The van der Waals surface area contributed by atoms with Crippen molar-refractivity contribution in [3.05, 3.63) is 101 Å². The maximum atomic E-state index is 6.24. The molecule has 1 unspecified atom stereocenters. The molecule has 3 nitrogen and oxygen atoms in total. The fourth-order valence-corrected chi connectivity index (χ4v) is 5.28. The van der Waals surface area contributed by atoms with Gasteiger partial charge in [0.15, 0.2) is 0 Å². The van der Waals surface area contributed by atoms with Gasteiger partial charge in [-0.2, -0.15) is 0 Å². The summed E-state index contributed by atoms with van der Waals surface area (Å²) >= 11 is 0. The van der Waals surface area contributed by atoms with Crippen LogP contribution in [0.15, 0.2) is 78.9 Å². The fraction of sp³-hybridized carbons (Fsp3) is 0.379. The SMILES string of the molecule is c1ccc(CN(CCOc2ccc3c(c2)CCC3N2CCCC2)Cc2ccccc2)cc1. The molecule has 2 aliphatic rings. The minimum absolute atomic E-state index is 0.633. The molecule has 0 aromatic heterocycles. The molecule has 166 valence electrons. The lowest BCUT2D eigenvalue weighted by molar-refractivity contribution is 0.196. The Hall–Kier alpha value is -2.62. The van der Waals surface area contributed by atoms with E-state index in [0.29, 0.717) is 12.6 Å². The second kappa shape index (κ2) is 10.3. The van der Waals surface area contributed by atoms with Gasteiger partial charge in [-0.3, -0.25) is 9.80 Å². The molecular formula is C29H34N2O. The normalized spacial score (nSPS) is 18.2. The molecule has 3 aromatic rings. The lowest BCUT2D eigenvalue weighted by atomic mass is 10.1. The molecule has 0 N–H and O–H groups in total. The molecule has 1 saturated heterocycles. The molecule has 0 radical (unpaired) electrons. The molecule has 0 bridgehead atoms. The quantitative estimate of drug-likeness (QED) is 0.427. The summed E-state index contributed by atoms with van der Waals surface area (Å²) in [6.45, 7) is 5.99. The number of hydrogen-bond donors (Lipinski definition) is 0. The molecule has 0 saturated carbocycles. The predicted molar refractivity (Wildman–Crippen MR) is 131 cm³/mol. The predicted octanol–water partition coefficient (Wildman–Crippen LogP) is 5.85. The zero-order valence-corrected chi connectivity index (χ0v) is 19.0. The third-order valence-corrected chi connectivity index (χ3v) is 6.92. The van der Waals surface area contributed by atoms with Crippen LogP contribution in [0.3, 0.4) is 0 Å². The number of ether oxygens (including phenoxy) is 1. The van der Waals surface area contributed by atoms with Crippen molar-refractivity contribution in [1.82, 2.24) is 9.80 Å². The van der Waals surface area contributed by atoms with Gasteiger partial charge >= 0.3 is 0 Å². The Morgan fingerprint density at radius 2 is 1.47 bits per heavy atom. The maximum Gasteiger partial charge on any atom is 0.119 e. The topological polar surface area (TPSA) is 15.7 Å². The van der Waals surface area contributed by atoms with Gasteiger partial charge in [-0.25, -0.2) is 0 Å². The Balaban J connectivity index is 1.20. The summed E-state index contributed by atoms with van der Waals surface area (Å²) in [6, 6.07) is 28.9. The third-order valence-electron chi connectivity index (χ3n) is 6.92. The van der Waals surface area contributed by atoms with E-state index in [1.54, 1.807) is 0 Å². The third kappa shape index (κ3) is 5.23. The Kier molecular flexibility index (Phi) is 6.86. The van der Waals surface area contributed by atoms with E-state index < -0.39 is 0 Å². The van der Waals surface area contributed by atoms with E-state index in [1.807, 2.05) is 0 Å². The largest absolute Gasteiger partial charge is 0.492 e. The van der Waals surface area contributed by atoms with Crippen molar-refractivity contribution in [2.24, 2.45) is 0 Å². The zero-order valence-electron chi connectivity index (χ0n) is 19.0. The van der Waals surface area contributed by atoms with Crippen LogP contribution in [0.4, 0.5) is 0 Å². The average molecular weight is 427 g/mol. The van der Waals surface area contributed by atoms with E-state index in [0.717, 1.165) is 25.4 Å². The van der Waals surface area contributed by atoms with Crippen molar-refractivity contribution in [2.75, 3.05) is 26.2 Å². The Morgan fingerprint density at radius 1 is 0.812 bits per heavy atom. The van der Waals surface area contributed by atoms with Gasteiger partial charge in [0, 0.05) is 25.7 Å². The highest BCUT2D eigenvalue weighted by Gasteiger charge is 2.29. The van der Waals surface area contributed by atoms with Gasteiger partial charge in [0.05, 0.1) is 0 Å². The van der Waals surface area contributed by atoms with Gasteiger partial charge in [-0.15, -0.1) is 0 Å². The zero-order chi connectivity index (χ0) is 21.6. The van der Waals surface area contributed by atoms with Gasteiger partial charge in [0.1, 0.15) is 12.4 Å². The monoisotopic (exact) mass is 426 g/mol. The van der Waals surface area contributed by atoms with Crippen molar-refractivity contribution in [3.8, 4) is 5.75 Å². The van der Waals surface area contributed by atoms with Crippen molar-refractivity contribution in [2.45, 2.75) is 44.8 Å². The molecule has 5 rings (SSSR count). The molecule has 1 heterocycles.